The summed E-state index contributed by atoms with van der Waals surface area (Å²) >= 11 is 0. The molecule has 1 aliphatic carbocycles. The summed E-state index contributed by atoms with van der Waals surface area (Å²) in [6.07, 6.45) is 4.47. The van der Waals surface area contributed by atoms with Crippen molar-refractivity contribution in [1.29, 1.82) is 0 Å². The second-order valence-electron chi connectivity index (χ2n) is 5.40. The smallest absolute Gasteiger partial charge is 0.407 e. The summed E-state index contributed by atoms with van der Waals surface area (Å²) in [7, 11) is 1.41. The van der Waals surface area contributed by atoms with Gasteiger partial charge in [-0.2, -0.15) is 0 Å². The largest absolute Gasteiger partial charge is 0.453 e. The molecule has 2 aliphatic rings. The highest BCUT2D eigenvalue weighted by Gasteiger charge is 2.43. The van der Waals surface area contributed by atoms with Gasteiger partial charge in [0.1, 0.15) is 0 Å². The zero-order valence-corrected chi connectivity index (χ0v) is 10.6. The fraction of sp³-hybridized carbons (Fsp3) is 0.917. The van der Waals surface area contributed by atoms with Crippen LogP contribution in [0, 0.1) is 5.41 Å². The Morgan fingerprint density at radius 2 is 2.35 bits per heavy atom. The molecule has 0 radical (unpaired) electrons. The first-order chi connectivity index (χ1) is 8.17. The lowest BCUT2D eigenvalue weighted by atomic mass is 10.0. The van der Waals surface area contributed by atoms with Crippen molar-refractivity contribution >= 4 is 6.09 Å². The molecule has 1 unspecified atom stereocenters. The molecule has 1 heterocycles. The maximum Gasteiger partial charge on any atom is 0.407 e. The van der Waals surface area contributed by atoms with Crippen LogP contribution in [0.25, 0.3) is 0 Å². The first kappa shape index (κ1) is 12.6. The van der Waals surface area contributed by atoms with Gasteiger partial charge in [0.05, 0.1) is 7.11 Å². The lowest BCUT2D eigenvalue weighted by molar-refractivity contribution is 0.166. The number of carbonyl (C=O) groups excluding carboxylic acids is 1. The number of nitrogens with two attached hydrogens (primary N) is 1. The monoisotopic (exact) mass is 241 g/mol. The van der Waals surface area contributed by atoms with Gasteiger partial charge in [-0.25, -0.2) is 4.79 Å². The quantitative estimate of drug-likeness (QED) is 0.737. The number of ether oxygens (including phenoxy) is 1. The number of hydrogen-bond donors (Lipinski definition) is 2. The molecule has 5 nitrogen and oxygen atoms in total. The van der Waals surface area contributed by atoms with Gasteiger partial charge in [0, 0.05) is 25.7 Å². The molecule has 0 aromatic heterocycles. The van der Waals surface area contributed by atoms with Crippen molar-refractivity contribution in [2.45, 2.75) is 31.7 Å². The summed E-state index contributed by atoms with van der Waals surface area (Å²) in [5, 5.41) is 2.87. The number of nitrogens with one attached hydrogen (secondary N) is 1. The van der Waals surface area contributed by atoms with Crippen molar-refractivity contribution < 1.29 is 9.53 Å². The Bertz CT molecular complexity index is 279. The summed E-state index contributed by atoms with van der Waals surface area (Å²) in [6, 6.07) is 0.246. The number of amides is 1. The Hall–Kier alpha value is -0.810. The zero-order chi connectivity index (χ0) is 12.3. The fourth-order valence-corrected chi connectivity index (χ4v) is 2.76. The van der Waals surface area contributed by atoms with Gasteiger partial charge in [0.25, 0.3) is 0 Å². The second-order valence-corrected chi connectivity index (χ2v) is 5.40. The van der Waals surface area contributed by atoms with E-state index in [2.05, 4.69) is 15.0 Å². The van der Waals surface area contributed by atoms with Crippen LogP contribution in [0.3, 0.4) is 0 Å². The highest BCUT2D eigenvalue weighted by atomic mass is 16.5. The predicted octanol–water partition coefficient (Wildman–Crippen LogP) is 0.546. The Labute approximate surface area is 103 Å². The van der Waals surface area contributed by atoms with Crippen molar-refractivity contribution in [3.63, 3.8) is 0 Å². The molecule has 1 saturated carbocycles. The maximum atomic E-state index is 11.1. The minimum Gasteiger partial charge on any atom is -0.453 e. The van der Waals surface area contributed by atoms with Gasteiger partial charge in [-0.15, -0.1) is 0 Å². The normalized spacial score (nSPS) is 26.8. The number of nitrogens with zero attached hydrogens (tertiary/aromatic N) is 1. The molecule has 0 aromatic carbocycles. The van der Waals surface area contributed by atoms with E-state index >= 15 is 0 Å². The van der Waals surface area contributed by atoms with Gasteiger partial charge in [0.15, 0.2) is 0 Å². The first-order valence-corrected chi connectivity index (χ1v) is 6.44. The van der Waals surface area contributed by atoms with Crippen LogP contribution in [-0.4, -0.2) is 50.3 Å². The molecule has 3 N–H and O–H groups in total. The molecule has 0 bridgehead atoms. The third kappa shape index (κ3) is 3.33. The zero-order valence-electron chi connectivity index (χ0n) is 10.6. The average Bonchev–Trinajstić information content (AvgIpc) is 2.91. The van der Waals surface area contributed by atoms with Gasteiger partial charge < -0.3 is 20.7 Å². The predicted molar refractivity (Wildman–Crippen MR) is 65.7 cm³/mol. The minimum absolute atomic E-state index is 0.246. The van der Waals surface area contributed by atoms with E-state index in [1.54, 1.807) is 0 Å². The number of carbonyl (C=O) groups is 1. The highest BCUT2D eigenvalue weighted by molar-refractivity contribution is 5.67. The third-order valence-corrected chi connectivity index (χ3v) is 3.97. The lowest BCUT2D eigenvalue weighted by Gasteiger charge is -2.23. The van der Waals surface area contributed by atoms with Crippen LogP contribution in [0.1, 0.15) is 25.7 Å². The first-order valence-electron chi connectivity index (χ1n) is 6.44. The van der Waals surface area contributed by atoms with Crippen LogP contribution >= 0.6 is 0 Å². The molecule has 1 saturated heterocycles. The molecule has 1 atom stereocenters. The van der Waals surface area contributed by atoms with Gasteiger partial charge in [0.2, 0.25) is 0 Å². The van der Waals surface area contributed by atoms with E-state index in [0.29, 0.717) is 5.41 Å². The molecule has 1 amide bonds. The summed E-state index contributed by atoms with van der Waals surface area (Å²) in [5.41, 5.74) is 6.14. The van der Waals surface area contributed by atoms with Gasteiger partial charge in [-0.1, -0.05) is 0 Å². The van der Waals surface area contributed by atoms with E-state index in [1.807, 2.05) is 0 Å². The molecule has 2 rings (SSSR count). The molecule has 1 aliphatic heterocycles. The topological polar surface area (TPSA) is 67.6 Å². The summed E-state index contributed by atoms with van der Waals surface area (Å²) in [4.78, 5) is 13.6. The molecule has 0 aromatic rings. The van der Waals surface area contributed by atoms with Crippen molar-refractivity contribution in [2.24, 2.45) is 11.1 Å². The van der Waals surface area contributed by atoms with Crippen LogP contribution in [0.2, 0.25) is 0 Å². The van der Waals surface area contributed by atoms with Crippen molar-refractivity contribution in [1.82, 2.24) is 10.2 Å². The summed E-state index contributed by atoms with van der Waals surface area (Å²) < 4.78 is 4.61. The summed E-state index contributed by atoms with van der Waals surface area (Å²) in [6.45, 7) is 3.95. The summed E-state index contributed by atoms with van der Waals surface area (Å²) in [5.74, 6) is 0. The Morgan fingerprint density at radius 1 is 1.59 bits per heavy atom. The van der Waals surface area contributed by atoms with E-state index in [9.17, 15) is 4.79 Å². The van der Waals surface area contributed by atoms with Gasteiger partial charge in [-0.05, 0) is 37.6 Å². The number of rotatable bonds is 5. The van der Waals surface area contributed by atoms with Crippen LogP contribution in [0.15, 0.2) is 0 Å². The molecule has 5 heteroatoms. The molecule has 2 fully saturated rings. The lowest BCUT2D eigenvalue weighted by Crippen LogP contribution is -2.38. The van der Waals surface area contributed by atoms with Crippen molar-refractivity contribution in [2.75, 3.05) is 33.3 Å². The molecular formula is C12H23N3O2. The van der Waals surface area contributed by atoms with Crippen LogP contribution in [0.5, 0.6) is 0 Å². The number of hydrogen-bond acceptors (Lipinski definition) is 4. The maximum absolute atomic E-state index is 11.1. The standard InChI is InChI=1S/C12H23N3O2/c1-17-11(16)14-10-2-7-15(8-10)9-12(3-4-12)5-6-13/h10H,2-9,13H2,1H3,(H,14,16). The number of alkyl carbamates (subject to hydrolysis) is 1. The second kappa shape index (κ2) is 5.23. The van der Waals surface area contributed by atoms with E-state index < -0.39 is 0 Å². The molecular weight excluding hydrogens is 218 g/mol. The van der Waals surface area contributed by atoms with E-state index in [4.69, 9.17) is 5.73 Å². The molecule has 98 valence electrons. The third-order valence-electron chi connectivity index (χ3n) is 3.97. The van der Waals surface area contributed by atoms with Crippen molar-refractivity contribution in [3.8, 4) is 0 Å². The molecule has 17 heavy (non-hydrogen) atoms. The number of likely N-dealkylation sites (tertiary alicyclic amines) is 1. The van der Waals surface area contributed by atoms with E-state index in [-0.39, 0.29) is 12.1 Å². The number of methoxy groups -OCH3 is 1. The minimum atomic E-state index is -0.319. The van der Waals surface area contributed by atoms with Crippen LogP contribution in [0.4, 0.5) is 4.79 Å². The Kier molecular flexibility index (Phi) is 3.89. The van der Waals surface area contributed by atoms with Crippen molar-refractivity contribution in [3.05, 3.63) is 0 Å². The van der Waals surface area contributed by atoms with Gasteiger partial charge in [-0.3, -0.25) is 0 Å². The fourth-order valence-electron chi connectivity index (χ4n) is 2.76. The van der Waals surface area contributed by atoms with Crippen LogP contribution < -0.4 is 11.1 Å². The van der Waals surface area contributed by atoms with E-state index in [1.165, 1.54) is 20.0 Å². The Balaban J connectivity index is 1.73. The molecule has 0 spiro atoms. The van der Waals surface area contributed by atoms with Crippen LogP contribution in [-0.2, 0) is 4.74 Å². The Morgan fingerprint density at radius 3 is 2.94 bits per heavy atom. The highest BCUT2D eigenvalue weighted by Crippen LogP contribution is 2.49. The van der Waals surface area contributed by atoms with E-state index in [0.717, 1.165) is 39.0 Å². The van der Waals surface area contributed by atoms with Gasteiger partial charge >= 0.3 is 6.09 Å². The SMILES string of the molecule is COC(=O)NC1CCN(CC2(CCN)CC2)C1. The average molecular weight is 241 g/mol.